The summed E-state index contributed by atoms with van der Waals surface area (Å²) in [6.07, 6.45) is 0. The first-order chi connectivity index (χ1) is 11.0. The van der Waals surface area contributed by atoms with Crippen molar-refractivity contribution in [2.45, 2.75) is 0 Å². The van der Waals surface area contributed by atoms with E-state index in [9.17, 15) is 14.4 Å². The van der Waals surface area contributed by atoms with Crippen LogP contribution < -0.4 is 5.32 Å². The summed E-state index contributed by atoms with van der Waals surface area (Å²) in [5.74, 6) is -1.45. The van der Waals surface area contributed by atoms with Crippen LogP contribution in [0.15, 0.2) is 22.9 Å². The SMILES string of the molecule is CN(C)C(=O)CNC(=O)COC(=O)c1csc(-c2cccs2)n1. The summed E-state index contributed by atoms with van der Waals surface area (Å²) in [7, 11) is 3.17. The van der Waals surface area contributed by atoms with E-state index >= 15 is 0 Å². The molecule has 0 atom stereocenters. The lowest BCUT2D eigenvalue weighted by Gasteiger charge is -2.10. The van der Waals surface area contributed by atoms with Gasteiger partial charge in [-0.25, -0.2) is 9.78 Å². The molecule has 0 unspecified atom stereocenters. The second kappa shape index (κ2) is 7.84. The predicted octanol–water partition coefficient (Wildman–Crippen LogP) is 1.23. The molecule has 7 nitrogen and oxygen atoms in total. The van der Waals surface area contributed by atoms with Crippen LogP contribution in [0.25, 0.3) is 9.88 Å². The molecule has 0 saturated carbocycles. The average Bonchev–Trinajstić information content (AvgIpc) is 3.19. The van der Waals surface area contributed by atoms with Crippen molar-refractivity contribution < 1.29 is 19.1 Å². The lowest BCUT2D eigenvalue weighted by atomic mass is 10.4. The van der Waals surface area contributed by atoms with Crippen molar-refractivity contribution in [2.24, 2.45) is 0 Å². The topological polar surface area (TPSA) is 88.6 Å². The zero-order valence-electron chi connectivity index (χ0n) is 12.6. The summed E-state index contributed by atoms with van der Waals surface area (Å²) in [6, 6.07) is 3.81. The van der Waals surface area contributed by atoms with Gasteiger partial charge in [0.05, 0.1) is 11.4 Å². The summed E-state index contributed by atoms with van der Waals surface area (Å²) in [6.45, 7) is -0.589. The van der Waals surface area contributed by atoms with Crippen LogP contribution in [-0.2, 0) is 14.3 Å². The van der Waals surface area contributed by atoms with Gasteiger partial charge in [-0.1, -0.05) is 6.07 Å². The molecule has 0 aromatic carbocycles. The summed E-state index contributed by atoms with van der Waals surface area (Å²) < 4.78 is 4.89. The van der Waals surface area contributed by atoms with E-state index in [0.29, 0.717) is 0 Å². The Kier molecular flexibility index (Phi) is 5.83. The van der Waals surface area contributed by atoms with Crippen LogP contribution >= 0.6 is 22.7 Å². The summed E-state index contributed by atoms with van der Waals surface area (Å²) in [4.78, 5) is 41.2. The molecule has 0 aliphatic carbocycles. The lowest BCUT2D eigenvalue weighted by Crippen LogP contribution is -2.38. The second-order valence-electron chi connectivity index (χ2n) is 4.66. The average molecular weight is 353 g/mol. The molecule has 23 heavy (non-hydrogen) atoms. The number of carbonyl (C=O) groups excluding carboxylic acids is 3. The van der Waals surface area contributed by atoms with Crippen molar-refractivity contribution in [3.63, 3.8) is 0 Å². The van der Waals surface area contributed by atoms with Crippen molar-refractivity contribution in [3.05, 3.63) is 28.6 Å². The summed E-state index contributed by atoms with van der Waals surface area (Å²) in [5.41, 5.74) is 0.163. The number of rotatable bonds is 6. The molecule has 0 bridgehead atoms. The summed E-state index contributed by atoms with van der Waals surface area (Å²) in [5, 5.41) is 6.62. The van der Waals surface area contributed by atoms with Gasteiger partial charge in [0.25, 0.3) is 5.91 Å². The Labute approximate surface area is 140 Å². The van der Waals surface area contributed by atoms with Gasteiger partial charge in [-0.05, 0) is 11.4 Å². The molecule has 0 aliphatic heterocycles. The number of hydrogen-bond acceptors (Lipinski definition) is 7. The highest BCUT2D eigenvalue weighted by Crippen LogP contribution is 2.27. The largest absolute Gasteiger partial charge is 0.451 e. The molecule has 9 heteroatoms. The second-order valence-corrected chi connectivity index (χ2v) is 6.46. The molecule has 2 rings (SSSR count). The van der Waals surface area contributed by atoms with E-state index in [1.54, 1.807) is 19.5 Å². The highest BCUT2D eigenvalue weighted by atomic mass is 32.1. The van der Waals surface area contributed by atoms with Crippen LogP contribution in [0.1, 0.15) is 10.5 Å². The van der Waals surface area contributed by atoms with E-state index in [4.69, 9.17) is 4.74 Å². The van der Waals surface area contributed by atoms with Gasteiger partial charge in [0, 0.05) is 19.5 Å². The van der Waals surface area contributed by atoms with Gasteiger partial charge in [0.2, 0.25) is 5.91 Å². The minimum Gasteiger partial charge on any atom is -0.451 e. The van der Waals surface area contributed by atoms with Crippen LogP contribution in [0.3, 0.4) is 0 Å². The third kappa shape index (κ3) is 4.86. The highest BCUT2D eigenvalue weighted by Gasteiger charge is 2.15. The maximum atomic E-state index is 11.8. The Balaban J connectivity index is 1.81. The van der Waals surface area contributed by atoms with Gasteiger partial charge in [-0.2, -0.15) is 0 Å². The smallest absolute Gasteiger partial charge is 0.358 e. The van der Waals surface area contributed by atoms with Crippen LogP contribution in [0.5, 0.6) is 0 Å². The molecule has 2 amide bonds. The number of esters is 1. The normalized spacial score (nSPS) is 10.2. The lowest BCUT2D eigenvalue weighted by molar-refractivity contribution is -0.131. The monoisotopic (exact) mass is 353 g/mol. The van der Waals surface area contributed by atoms with Gasteiger partial charge in [0.1, 0.15) is 5.01 Å². The molecule has 0 saturated heterocycles. The fourth-order valence-electron chi connectivity index (χ4n) is 1.47. The molecule has 0 spiro atoms. The molecule has 0 radical (unpaired) electrons. The number of aromatic nitrogens is 1. The fraction of sp³-hybridized carbons (Fsp3) is 0.286. The molecule has 122 valence electrons. The minimum absolute atomic E-state index is 0.136. The van der Waals surface area contributed by atoms with E-state index < -0.39 is 18.5 Å². The number of carbonyl (C=O) groups is 3. The standard InChI is InChI=1S/C14H15N3O4S2/c1-17(2)12(19)6-15-11(18)7-21-14(20)9-8-23-13(16-9)10-4-3-5-22-10/h3-5,8H,6-7H2,1-2H3,(H,15,18). The third-order valence-corrected chi connectivity index (χ3v) is 4.60. The Morgan fingerprint density at radius 3 is 2.74 bits per heavy atom. The maximum Gasteiger partial charge on any atom is 0.358 e. The minimum atomic E-state index is -0.668. The third-order valence-electron chi connectivity index (χ3n) is 2.72. The first-order valence-corrected chi connectivity index (χ1v) is 8.36. The van der Waals surface area contributed by atoms with Crippen LogP contribution in [0.4, 0.5) is 0 Å². The molecule has 0 fully saturated rings. The van der Waals surface area contributed by atoms with Crippen LogP contribution in [0.2, 0.25) is 0 Å². The molecule has 0 aliphatic rings. The Bertz CT molecular complexity index is 695. The van der Waals surface area contributed by atoms with Gasteiger partial charge >= 0.3 is 5.97 Å². The number of thiazole rings is 1. The van der Waals surface area contributed by atoms with Crippen molar-refractivity contribution in [1.29, 1.82) is 0 Å². The van der Waals surface area contributed by atoms with E-state index in [-0.39, 0.29) is 18.1 Å². The first-order valence-electron chi connectivity index (χ1n) is 6.60. The van der Waals surface area contributed by atoms with E-state index in [1.807, 2.05) is 17.5 Å². The van der Waals surface area contributed by atoms with Gasteiger partial charge in [-0.15, -0.1) is 22.7 Å². The molecule has 2 aromatic rings. The van der Waals surface area contributed by atoms with Crippen LogP contribution in [0, 0.1) is 0 Å². The van der Waals surface area contributed by atoms with Gasteiger partial charge < -0.3 is 15.0 Å². The first kappa shape index (κ1) is 17.1. The van der Waals surface area contributed by atoms with E-state index in [2.05, 4.69) is 10.3 Å². The predicted molar refractivity (Wildman–Crippen MR) is 87.4 cm³/mol. The van der Waals surface area contributed by atoms with Crippen molar-refractivity contribution in [2.75, 3.05) is 27.2 Å². The number of likely N-dealkylation sites (N-methyl/N-ethyl adjacent to an activating group) is 1. The van der Waals surface area contributed by atoms with Crippen LogP contribution in [-0.4, -0.2) is 54.9 Å². The van der Waals surface area contributed by atoms with Gasteiger partial charge in [0.15, 0.2) is 12.3 Å². The Morgan fingerprint density at radius 2 is 2.09 bits per heavy atom. The van der Waals surface area contributed by atoms with Gasteiger partial charge in [-0.3, -0.25) is 9.59 Å². The molecule has 1 N–H and O–H groups in total. The van der Waals surface area contributed by atoms with E-state index in [1.165, 1.54) is 27.6 Å². The fourth-order valence-corrected chi connectivity index (χ4v) is 3.07. The maximum absolute atomic E-state index is 11.8. The molecular formula is C14H15N3O4S2. The Hall–Kier alpha value is -2.26. The van der Waals surface area contributed by atoms with E-state index in [0.717, 1.165) is 9.88 Å². The van der Waals surface area contributed by atoms with Crippen molar-refractivity contribution in [1.82, 2.24) is 15.2 Å². The number of thiophene rings is 1. The highest BCUT2D eigenvalue weighted by molar-refractivity contribution is 7.20. The zero-order chi connectivity index (χ0) is 16.8. The molecule has 2 heterocycles. The molecular weight excluding hydrogens is 338 g/mol. The summed E-state index contributed by atoms with van der Waals surface area (Å²) >= 11 is 2.86. The number of amides is 2. The number of ether oxygens (including phenoxy) is 1. The quantitative estimate of drug-likeness (QED) is 0.789. The Morgan fingerprint density at radius 1 is 1.30 bits per heavy atom. The number of nitrogens with one attached hydrogen (secondary N) is 1. The van der Waals surface area contributed by atoms with Crippen molar-refractivity contribution >= 4 is 40.5 Å². The number of hydrogen-bond donors (Lipinski definition) is 1. The van der Waals surface area contributed by atoms with Crippen molar-refractivity contribution in [3.8, 4) is 9.88 Å². The number of nitrogens with zero attached hydrogens (tertiary/aromatic N) is 2. The molecule has 2 aromatic heterocycles. The zero-order valence-corrected chi connectivity index (χ0v) is 14.2.